The fraction of sp³-hybridized carbons (Fsp3) is 0.421. The van der Waals surface area contributed by atoms with E-state index in [1.54, 1.807) is 7.05 Å². The van der Waals surface area contributed by atoms with Crippen LogP contribution >= 0.6 is 11.6 Å². The van der Waals surface area contributed by atoms with Gasteiger partial charge < -0.3 is 19.7 Å². The Morgan fingerprint density at radius 3 is 2.42 bits per heavy atom. The number of benzene rings is 1. The molecule has 2 aromatic rings. The highest BCUT2D eigenvalue weighted by Crippen LogP contribution is 2.18. The highest BCUT2D eigenvalue weighted by Gasteiger charge is 2.16. The van der Waals surface area contributed by atoms with E-state index in [1.165, 1.54) is 12.1 Å². The normalized spacial score (nSPS) is 13.2. The van der Waals surface area contributed by atoms with Crippen molar-refractivity contribution in [3.8, 4) is 0 Å². The molecule has 7 heteroatoms. The van der Waals surface area contributed by atoms with E-state index in [4.69, 9.17) is 11.6 Å². The molecule has 0 aliphatic rings. The van der Waals surface area contributed by atoms with Gasteiger partial charge in [-0.1, -0.05) is 23.7 Å². The molecule has 0 fully saturated rings. The lowest BCUT2D eigenvalue weighted by molar-refractivity contribution is 0.295. The molecule has 1 heterocycles. The predicted octanol–water partition coefficient (Wildman–Crippen LogP) is 3.13. The summed E-state index contributed by atoms with van der Waals surface area (Å²) in [5, 5.41) is 4.13. The van der Waals surface area contributed by atoms with Crippen molar-refractivity contribution in [1.82, 2.24) is 19.7 Å². The number of aromatic nitrogens is 1. The highest BCUT2D eigenvalue weighted by atomic mass is 35.5. The summed E-state index contributed by atoms with van der Waals surface area (Å²) in [5.41, 5.74) is 2.15. The van der Waals surface area contributed by atoms with E-state index in [2.05, 4.69) is 15.2 Å². The second-order valence-corrected chi connectivity index (χ2v) is 7.01. The summed E-state index contributed by atoms with van der Waals surface area (Å²) in [5.74, 6) is 0.562. The average molecular weight is 380 g/mol. The molecule has 0 spiro atoms. The molecule has 0 aliphatic heterocycles. The van der Waals surface area contributed by atoms with Crippen molar-refractivity contribution >= 4 is 17.6 Å². The van der Waals surface area contributed by atoms with E-state index in [-0.39, 0.29) is 11.9 Å². The molecule has 0 bridgehead atoms. The largest absolute Gasteiger partial charge is 0.354 e. The van der Waals surface area contributed by atoms with Gasteiger partial charge in [0, 0.05) is 39.6 Å². The molecular weight excluding hydrogens is 353 g/mol. The summed E-state index contributed by atoms with van der Waals surface area (Å²) in [4.78, 5) is 8.52. The molecule has 1 atom stereocenters. The minimum absolute atomic E-state index is 0.102. The zero-order valence-electron chi connectivity index (χ0n) is 16.0. The summed E-state index contributed by atoms with van der Waals surface area (Å²) in [7, 11) is 9.74. The number of likely N-dealkylation sites (N-methyl/N-ethyl adjacent to an activating group) is 1. The number of aliphatic imine (C=N–C) groups is 1. The Balaban J connectivity index is 2.03. The van der Waals surface area contributed by atoms with Crippen LogP contribution in [0.5, 0.6) is 0 Å². The number of hydrogen-bond acceptors (Lipinski definition) is 2. The molecule has 0 aliphatic carbocycles. The van der Waals surface area contributed by atoms with Crippen molar-refractivity contribution < 1.29 is 4.39 Å². The van der Waals surface area contributed by atoms with Crippen molar-refractivity contribution in [2.24, 2.45) is 12.0 Å². The molecule has 0 saturated carbocycles. The molecule has 26 heavy (non-hydrogen) atoms. The zero-order chi connectivity index (χ0) is 19.3. The van der Waals surface area contributed by atoms with Gasteiger partial charge in [-0.25, -0.2) is 4.39 Å². The van der Waals surface area contributed by atoms with Crippen molar-refractivity contribution in [2.45, 2.75) is 12.6 Å². The van der Waals surface area contributed by atoms with Crippen LogP contribution in [0, 0.1) is 5.82 Å². The average Bonchev–Trinajstić information content (AvgIpc) is 2.89. The Bertz CT molecular complexity index is 739. The molecule has 2 rings (SSSR count). The number of guanidine groups is 1. The van der Waals surface area contributed by atoms with E-state index in [9.17, 15) is 4.39 Å². The van der Waals surface area contributed by atoms with Gasteiger partial charge >= 0.3 is 0 Å². The van der Waals surface area contributed by atoms with E-state index in [0.717, 1.165) is 22.2 Å². The predicted molar refractivity (Wildman–Crippen MR) is 106 cm³/mol. The Hall–Kier alpha value is -2.05. The lowest BCUT2D eigenvalue weighted by atomic mass is 10.1. The SMILES string of the molecule is CN=C(NCC(c1ccc(F)cc1)N(C)C)N(C)Cc1cc(Cl)cn1C. The van der Waals surface area contributed by atoms with E-state index in [1.807, 2.05) is 62.1 Å². The third-order valence-electron chi connectivity index (χ3n) is 4.38. The highest BCUT2D eigenvalue weighted by molar-refractivity contribution is 6.30. The smallest absolute Gasteiger partial charge is 0.193 e. The number of nitrogens with one attached hydrogen (secondary N) is 1. The van der Waals surface area contributed by atoms with Crippen molar-refractivity contribution in [3.63, 3.8) is 0 Å². The molecule has 5 nitrogen and oxygen atoms in total. The standard InChI is InChI=1S/C19H27ClFN5/c1-22-19(26(5)13-17-10-15(20)12-25(17)4)23-11-18(24(2)3)14-6-8-16(21)9-7-14/h6-10,12,18H,11,13H2,1-5H3,(H,22,23). The van der Waals surface area contributed by atoms with Crippen molar-refractivity contribution in [2.75, 3.05) is 34.7 Å². The molecule has 1 aromatic carbocycles. The van der Waals surface area contributed by atoms with Crippen LogP contribution in [0.1, 0.15) is 17.3 Å². The Kier molecular flexibility index (Phi) is 7.06. The molecule has 1 N–H and O–H groups in total. The van der Waals surface area contributed by atoms with Crippen LogP contribution in [0.15, 0.2) is 41.5 Å². The Morgan fingerprint density at radius 1 is 1.27 bits per heavy atom. The van der Waals surface area contributed by atoms with Crippen molar-refractivity contribution in [3.05, 3.63) is 58.6 Å². The number of aryl methyl sites for hydroxylation is 1. The number of halogens is 2. The monoisotopic (exact) mass is 379 g/mol. The topological polar surface area (TPSA) is 35.8 Å². The number of nitrogens with zero attached hydrogens (tertiary/aromatic N) is 4. The van der Waals surface area contributed by atoms with Crippen LogP contribution in [0.3, 0.4) is 0 Å². The summed E-state index contributed by atoms with van der Waals surface area (Å²) < 4.78 is 15.2. The van der Waals surface area contributed by atoms with Crippen LogP contribution in [-0.2, 0) is 13.6 Å². The minimum Gasteiger partial charge on any atom is -0.354 e. The summed E-state index contributed by atoms with van der Waals surface area (Å²) >= 11 is 6.06. The first kappa shape index (κ1) is 20.3. The van der Waals surface area contributed by atoms with Gasteiger partial charge in [-0.15, -0.1) is 0 Å². The van der Waals surface area contributed by atoms with Gasteiger partial charge in [0.1, 0.15) is 5.82 Å². The van der Waals surface area contributed by atoms with Gasteiger partial charge in [0.25, 0.3) is 0 Å². The van der Waals surface area contributed by atoms with Gasteiger partial charge in [-0.3, -0.25) is 4.99 Å². The van der Waals surface area contributed by atoms with Crippen molar-refractivity contribution in [1.29, 1.82) is 0 Å². The molecule has 1 aromatic heterocycles. The lowest BCUT2D eigenvalue weighted by Gasteiger charge is -2.28. The summed E-state index contributed by atoms with van der Waals surface area (Å²) in [6.07, 6.45) is 1.89. The molecule has 142 valence electrons. The van der Waals surface area contributed by atoms with Gasteiger partial charge in [-0.05, 0) is 37.9 Å². The maximum atomic E-state index is 13.2. The summed E-state index contributed by atoms with van der Waals surface area (Å²) in [6.45, 7) is 1.34. The van der Waals surface area contributed by atoms with E-state index >= 15 is 0 Å². The van der Waals surface area contributed by atoms with Gasteiger partial charge in [0.15, 0.2) is 5.96 Å². The van der Waals surface area contributed by atoms with Gasteiger partial charge in [0.2, 0.25) is 0 Å². The van der Waals surface area contributed by atoms with Crippen LogP contribution in [-0.4, -0.2) is 55.1 Å². The molecule has 0 radical (unpaired) electrons. The number of rotatable bonds is 6. The van der Waals surface area contributed by atoms with Crippen LogP contribution in [0.25, 0.3) is 0 Å². The van der Waals surface area contributed by atoms with Crippen LogP contribution in [0.4, 0.5) is 4.39 Å². The fourth-order valence-electron chi connectivity index (χ4n) is 2.90. The summed E-state index contributed by atoms with van der Waals surface area (Å²) in [6, 6.07) is 8.68. The maximum Gasteiger partial charge on any atom is 0.193 e. The minimum atomic E-state index is -0.226. The first-order chi connectivity index (χ1) is 12.3. The first-order valence-electron chi connectivity index (χ1n) is 8.46. The third-order valence-corrected chi connectivity index (χ3v) is 4.59. The van der Waals surface area contributed by atoms with Crippen LogP contribution < -0.4 is 5.32 Å². The van der Waals surface area contributed by atoms with Gasteiger partial charge in [-0.2, -0.15) is 0 Å². The van der Waals surface area contributed by atoms with E-state index < -0.39 is 0 Å². The maximum absolute atomic E-state index is 13.2. The quantitative estimate of drug-likeness (QED) is 0.618. The third kappa shape index (κ3) is 5.22. The Labute approximate surface area is 160 Å². The fourth-order valence-corrected chi connectivity index (χ4v) is 3.17. The van der Waals surface area contributed by atoms with E-state index in [0.29, 0.717) is 13.1 Å². The molecule has 0 amide bonds. The second kappa shape index (κ2) is 9.05. The zero-order valence-corrected chi connectivity index (χ0v) is 16.8. The number of hydrogen-bond donors (Lipinski definition) is 1. The van der Waals surface area contributed by atoms with Crippen LogP contribution in [0.2, 0.25) is 5.02 Å². The molecular formula is C19H27ClFN5. The molecule has 0 saturated heterocycles. The Morgan fingerprint density at radius 2 is 1.92 bits per heavy atom. The van der Waals surface area contributed by atoms with Gasteiger partial charge in [0.05, 0.1) is 17.6 Å². The molecule has 1 unspecified atom stereocenters. The second-order valence-electron chi connectivity index (χ2n) is 6.58. The first-order valence-corrected chi connectivity index (χ1v) is 8.84. The lowest BCUT2D eigenvalue weighted by Crippen LogP contribution is -2.42.